The van der Waals surface area contributed by atoms with Crippen LogP contribution in [0.3, 0.4) is 0 Å². The lowest BCUT2D eigenvalue weighted by Crippen LogP contribution is -2.47. The summed E-state index contributed by atoms with van der Waals surface area (Å²) in [7, 11) is 3.17. The molecule has 0 saturated carbocycles. The van der Waals surface area contributed by atoms with Crippen LogP contribution >= 0.6 is 0 Å². The maximum atomic E-state index is 13.3. The fourth-order valence-corrected chi connectivity index (χ4v) is 3.73. The number of rotatable bonds is 7. The van der Waals surface area contributed by atoms with E-state index in [1.54, 1.807) is 93.0 Å². The minimum absolute atomic E-state index is 0.266. The number of carbonyl (C=O) groups excluding carboxylic acids is 4. The van der Waals surface area contributed by atoms with E-state index in [0.29, 0.717) is 17.1 Å². The number of ether oxygens (including phenoxy) is 1. The third kappa shape index (κ3) is 4.38. The van der Waals surface area contributed by atoms with Gasteiger partial charge in [0.15, 0.2) is 0 Å². The molecule has 0 aromatic heterocycles. The molecule has 1 heterocycles. The average molecular weight is 457 g/mol. The molecule has 4 rings (SSSR count). The van der Waals surface area contributed by atoms with Gasteiger partial charge in [0.1, 0.15) is 18.8 Å². The maximum absolute atomic E-state index is 13.3. The minimum Gasteiger partial charge on any atom is -0.497 e. The molecule has 0 bridgehead atoms. The third-order valence-corrected chi connectivity index (χ3v) is 5.67. The van der Waals surface area contributed by atoms with E-state index in [9.17, 15) is 19.2 Å². The van der Waals surface area contributed by atoms with E-state index in [0.717, 1.165) is 4.90 Å². The maximum Gasteiger partial charge on any atom is 0.262 e. The normalized spacial score (nSPS) is 12.4. The molecular weight excluding hydrogens is 434 g/mol. The van der Waals surface area contributed by atoms with Crippen molar-refractivity contribution in [3.05, 3.63) is 90.0 Å². The van der Waals surface area contributed by atoms with Gasteiger partial charge in [0, 0.05) is 18.4 Å². The highest BCUT2D eigenvalue weighted by Crippen LogP contribution is 2.24. The summed E-state index contributed by atoms with van der Waals surface area (Å²) in [4.78, 5) is 55.5. The summed E-state index contributed by atoms with van der Waals surface area (Å²) in [6.07, 6.45) is 0. The van der Waals surface area contributed by atoms with Crippen molar-refractivity contribution in [3.63, 3.8) is 0 Å². The van der Waals surface area contributed by atoms with Crippen LogP contribution in [0.15, 0.2) is 78.9 Å². The molecule has 3 aromatic carbocycles. The van der Waals surface area contributed by atoms with E-state index in [4.69, 9.17) is 4.74 Å². The van der Waals surface area contributed by atoms with Gasteiger partial charge in [0.05, 0.1) is 18.2 Å². The lowest BCUT2D eigenvalue weighted by molar-refractivity contribution is -0.122. The standard InChI is InChI=1S/C26H23N3O5/c1-27(18-12-14-20(34-2)15-13-18)23(30)16-28(19-8-4-3-5-9-19)24(31)17-29-25(32)21-10-6-7-11-22(21)26(29)33/h3-15H,16-17H2,1-2H3. The number of amides is 4. The molecule has 1 aliphatic rings. The topological polar surface area (TPSA) is 87.2 Å². The van der Waals surface area contributed by atoms with Crippen molar-refractivity contribution in [2.75, 3.05) is 37.0 Å². The van der Waals surface area contributed by atoms with Gasteiger partial charge in [-0.05, 0) is 48.5 Å². The quantitative estimate of drug-likeness (QED) is 0.509. The number of nitrogens with zero attached hydrogens (tertiary/aromatic N) is 3. The monoisotopic (exact) mass is 457 g/mol. The highest BCUT2D eigenvalue weighted by Gasteiger charge is 2.37. The Morgan fingerprint density at radius 1 is 0.765 bits per heavy atom. The molecule has 0 radical (unpaired) electrons. The van der Waals surface area contributed by atoms with E-state index in [-0.39, 0.29) is 23.6 Å². The number of likely N-dealkylation sites (N-methyl/N-ethyl adjacent to an activating group) is 1. The molecule has 0 fully saturated rings. The van der Waals surface area contributed by atoms with Gasteiger partial charge >= 0.3 is 0 Å². The molecule has 0 saturated heterocycles. The summed E-state index contributed by atoms with van der Waals surface area (Å²) >= 11 is 0. The van der Waals surface area contributed by atoms with E-state index in [1.807, 2.05) is 0 Å². The Morgan fingerprint density at radius 3 is 1.88 bits per heavy atom. The number of imide groups is 1. The van der Waals surface area contributed by atoms with Crippen LogP contribution in [0.1, 0.15) is 20.7 Å². The predicted molar refractivity (Wildman–Crippen MR) is 127 cm³/mol. The molecule has 0 N–H and O–H groups in total. The second-order valence-corrected chi connectivity index (χ2v) is 7.71. The number of benzene rings is 3. The molecule has 172 valence electrons. The molecule has 4 amide bonds. The molecule has 34 heavy (non-hydrogen) atoms. The van der Waals surface area contributed by atoms with Crippen LogP contribution in [0, 0.1) is 0 Å². The minimum atomic E-state index is -0.544. The van der Waals surface area contributed by atoms with Crippen LogP contribution in [0.5, 0.6) is 5.75 Å². The molecule has 0 atom stereocenters. The number of carbonyl (C=O) groups is 4. The summed E-state index contributed by atoms with van der Waals surface area (Å²) in [5.41, 5.74) is 1.65. The Bertz CT molecular complexity index is 1210. The second-order valence-electron chi connectivity index (χ2n) is 7.71. The smallest absolute Gasteiger partial charge is 0.262 e. The number of methoxy groups -OCH3 is 1. The second kappa shape index (κ2) is 9.58. The Morgan fingerprint density at radius 2 is 1.32 bits per heavy atom. The zero-order chi connectivity index (χ0) is 24.2. The van der Waals surface area contributed by atoms with Crippen molar-refractivity contribution in [2.45, 2.75) is 0 Å². The zero-order valence-corrected chi connectivity index (χ0v) is 18.8. The fourth-order valence-electron chi connectivity index (χ4n) is 3.73. The first-order chi connectivity index (χ1) is 16.4. The van der Waals surface area contributed by atoms with Crippen molar-refractivity contribution in [1.82, 2.24) is 4.90 Å². The Labute approximate surface area is 196 Å². The van der Waals surface area contributed by atoms with Gasteiger partial charge < -0.3 is 14.5 Å². The molecule has 0 spiro atoms. The zero-order valence-electron chi connectivity index (χ0n) is 18.8. The number of para-hydroxylation sites is 1. The summed E-state index contributed by atoms with van der Waals surface area (Å²) in [5, 5.41) is 0. The molecule has 1 aliphatic heterocycles. The van der Waals surface area contributed by atoms with Crippen LogP contribution in [0.4, 0.5) is 11.4 Å². The Balaban J connectivity index is 1.54. The van der Waals surface area contributed by atoms with Gasteiger partial charge in [0.25, 0.3) is 11.8 Å². The number of hydrogen-bond donors (Lipinski definition) is 0. The SMILES string of the molecule is COc1ccc(N(C)C(=O)CN(C(=O)CN2C(=O)c3ccccc3C2=O)c2ccccc2)cc1. The molecular formula is C26H23N3O5. The van der Waals surface area contributed by atoms with Crippen molar-refractivity contribution in [3.8, 4) is 5.75 Å². The number of fused-ring (bicyclic) bond motifs is 1. The van der Waals surface area contributed by atoms with Crippen LogP contribution in [0.25, 0.3) is 0 Å². The van der Waals surface area contributed by atoms with Crippen molar-refractivity contribution < 1.29 is 23.9 Å². The largest absolute Gasteiger partial charge is 0.497 e. The summed E-state index contributed by atoms with van der Waals surface area (Å²) < 4.78 is 5.15. The summed E-state index contributed by atoms with van der Waals surface area (Å²) in [6.45, 7) is -0.741. The van der Waals surface area contributed by atoms with Gasteiger partial charge in [-0.25, -0.2) is 0 Å². The fraction of sp³-hybridized carbons (Fsp3) is 0.154. The molecule has 0 aliphatic carbocycles. The highest BCUT2D eigenvalue weighted by atomic mass is 16.5. The molecule has 8 heteroatoms. The first-order valence-electron chi connectivity index (χ1n) is 10.6. The van der Waals surface area contributed by atoms with E-state index in [1.165, 1.54) is 9.80 Å². The lowest BCUT2D eigenvalue weighted by Gasteiger charge is -2.27. The Kier molecular flexibility index (Phi) is 6.40. The van der Waals surface area contributed by atoms with Crippen molar-refractivity contribution >= 4 is 35.0 Å². The first-order valence-corrected chi connectivity index (χ1v) is 10.6. The van der Waals surface area contributed by atoms with Crippen molar-refractivity contribution in [1.29, 1.82) is 0 Å². The molecule has 8 nitrogen and oxygen atoms in total. The van der Waals surface area contributed by atoms with E-state index in [2.05, 4.69) is 0 Å². The summed E-state index contributed by atoms with van der Waals surface area (Å²) in [5.74, 6) is -1.28. The molecule has 0 unspecified atom stereocenters. The van der Waals surface area contributed by atoms with Crippen molar-refractivity contribution in [2.24, 2.45) is 0 Å². The van der Waals surface area contributed by atoms with Gasteiger partial charge in [-0.1, -0.05) is 30.3 Å². The van der Waals surface area contributed by atoms with Crippen LogP contribution in [0.2, 0.25) is 0 Å². The number of hydrogen-bond acceptors (Lipinski definition) is 5. The number of anilines is 2. The van der Waals surface area contributed by atoms with Gasteiger partial charge in [-0.2, -0.15) is 0 Å². The average Bonchev–Trinajstić information content (AvgIpc) is 3.12. The van der Waals surface area contributed by atoms with E-state index < -0.39 is 24.3 Å². The molecule has 3 aromatic rings. The highest BCUT2D eigenvalue weighted by molar-refractivity contribution is 6.23. The van der Waals surface area contributed by atoms with Gasteiger partial charge in [-0.15, -0.1) is 0 Å². The Hall–Kier alpha value is -4.46. The predicted octanol–water partition coefficient (Wildman–Crippen LogP) is 2.99. The third-order valence-electron chi connectivity index (χ3n) is 5.67. The van der Waals surface area contributed by atoms with Crippen LogP contribution < -0.4 is 14.5 Å². The van der Waals surface area contributed by atoms with Crippen LogP contribution in [-0.2, 0) is 9.59 Å². The van der Waals surface area contributed by atoms with Gasteiger partial charge in [-0.3, -0.25) is 24.1 Å². The first kappa shape index (κ1) is 22.7. The summed E-state index contributed by atoms with van der Waals surface area (Å²) in [6, 6.07) is 22.1. The lowest BCUT2D eigenvalue weighted by atomic mass is 10.1. The van der Waals surface area contributed by atoms with Crippen LogP contribution in [-0.4, -0.2) is 55.8 Å². The van der Waals surface area contributed by atoms with E-state index >= 15 is 0 Å². The van der Waals surface area contributed by atoms with Gasteiger partial charge in [0.2, 0.25) is 11.8 Å².